The average molecular weight is 226 g/mol. The summed E-state index contributed by atoms with van der Waals surface area (Å²) in [6, 6.07) is 0. The van der Waals surface area contributed by atoms with E-state index in [1.807, 2.05) is 0 Å². The molecule has 7 heavy (non-hydrogen) atoms. The van der Waals surface area contributed by atoms with Gasteiger partial charge in [0.1, 0.15) is 0 Å². The van der Waals surface area contributed by atoms with Crippen LogP contribution in [0.1, 0.15) is 0 Å². The van der Waals surface area contributed by atoms with Crippen molar-refractivity contribution in [2.75, 3.05) is 0 Å². The van der Waals surface area contributed by atoms with Crippen LogP contribution < -0.4 is 0 Å². The van der Waals surface area contributed by atoms with Crippen LogP contribution in [0.2, 0.25) is 0 Å². The molecular weight excluding hydrogens is 222 g/mol. The summed E-state index contributed by atoms with van der Waals surface area (Å²) < 4.78 is 0. The van der Waals surface area contributed by atoms with E-state index in [0.29, 0.717) is 0 Å². The van der Waals surface area contributed by atoms with Crippen molar-refractivity contribution in [1.82, 2.24) is 0 Å². The Morgan fingerprint density at radius 3 is 1.57 bits per heavy atom. The van der Waals surface area contributed by atoms with E-state index < -0.39 is 11.2 Å². The fourth-order valence-corrected chi connectivity index (χ4v) is 0. The maximum absolute atomic E-state index is 9.31. The van der Waals surface area contributed by atoms with Gasteiger partial charge in [-0.1, -0.05) is 0 Å². The van der Waals surface area contributed by atoms with E-state index in [9.17, 15) is 9.59 Å². The molecule has 0 aliphatic heterocycles. The first kappa shape index (κ1) is 10.3. The first-order valence-corrected chi connectivity index (χ1v) is 1.45. The van der Waals surface area contributed by atoms with Crippen molar-refractivity contribution in [2.24, 2.45) is 0 Å². The minimum atomic E-state index is -1.61. The van der Waals surface area contributed by atoms with E-state index >= 15 is 0 Å². The Morgan fingerprint density at radius 1 is 1.43 bits per heavy atom. The second-order valence-electron chi connectivity index (χ2n) is 0.579. The maximum atomic E-state index is 9.31. The summed E-state index contributed by atoms with van der Waals surface area (Å²) in [5, 5.41) is 6.16. The Bertz CT molecular complexity index is 78.9. The molecule has 0 saturated heterocycles. The number of aliphatic carboxylic acids is 1. The predicted octanol–water partition coefficient (Wildman–Crippen LogP) is -1.35. The average Bonchev–Trinajstić information content (AvgIpc) is 1.36. The molecule has 0 aliphatic carbocycles. The summed E-state index contributed by atoms with van der Waals surface area (Å²) in [6.45, 7) is 0. The van der Waals surface area contributed by atoms with Gasteiger partial charge in [0.2, 0.25) is 0 Å². The van der Waals surface area contributed by atoms with Crippen LogP contribution in [0.15, 0.2) is 0 Å². The molecule has 0 bridgehead atoms. The minimum absolute atomic E-state index is 0. The van der Waals surface area contributed by atoms with Gasteiger partial charge in [0, 0.05) is 0 Å². The number of rotatable bonds is 1. The van der Waals surface area contributed by atoms with Crippen LogP contribution in [0.25, 0.3) is 0 Å². The Kier molecular flexibility index (Phi) is 6.57. The zero-order valence-corrected chi connectivity index (χ0v) is 3.40. The van der Waals surface area contributed by atoms with Crippen LogP contribution in [-0.4, -0.2) is 42.2 Å². The molecule has 0 unspecified atom stereocenters. The van der Waals surface area contributed by atoms with Gasteiger partial charge in [0.05, 0.1) is 0 Å². The normalized spacial score (nSPS) is 6.43. The Hall–Kier alpha value is 0.300. The van der Waals surface area contributed by atoms with Gasteiger partial charge in [-0.2, -0.15) is 0 Å². The fourth-order valence-electron chi connectivity index (χ4n) is 0. The van der Waals surface area contributed by atoms with Gasteiger partial charge < -0.3 is 5.11 Å². The molecule has 0 amide bonds. The van der Waals surface area contributed by atoms with Crippen molar-refractivity contribution in [3.05, 3.63) is 0 Å². The van der Waals surface area contributed by atoms with Crippen molar-refractivity contribution in [2.45, 2.75) is 0 Å². The molecule has 0 aromatic carbocycles. The third-order valence-corrected chi connectivity index (χ3v) is 0.330. The molecule has 3 nitrogen and oxygen atoms in total. The SMILES string of the molecule is O=C(O)C(=O)Cl.[InH3]. The molecule has 0 spiro atoms. The van der Waals surface area contributed by atoms with Crippen LogP contribution >= 0.6 is 11.6 Å². The van der Waals surface area contributed by atoms with Crippen LogP contribution in [0.3, 0.4) is 0 Å². The summed E-state index contributed by atoms with van der Waals surface area (Å²) in [5.74, 6) is -1.61. The monoisotopic (exact) mass is 226 g/mol. The molecule has 0 saturated carbocycles. The summed E-state index contributed by atoms with van der Waals surface area (Å²) in [5.41, 5.74) is 0. The second-order valence-corrected chi connectivity index (χ2v) is 0.922. The third-order valence-electron chi connectivity index (χ3n) is 0.168. The fraction of sp³-hybridized carbons (Fsp3) is 0. The van der Waals surface area contributed by atoms with Gasteiger partial charge in [-0.3, -0.25) is 4.79 Å². The van der Waals surface area contributed by atoms with Gasteiger partial charge in [-0.25, -0.2) is 4.79 Å². The van der Waals surface area contributed by atoms with E-state index in [-0.39, 0.29) is 25.8 Å². The van der Waals surface area contributed by atoms with Crippen molar-refractivity contribution in [3.63, 3.8) is 0 Å². The summed E-state index contributed by atoms with van der Waals surface area (Å²) in [6.07, 6.45) is 0. The predicted molar refractivity (Wildman–Crippen MR) is 28.4 cm³/mol. The molecule has 5 heteroatoms. The van der Waals surface area contributed by atoms with E-state index in [1.54, 1.807) is 0 Å². The molecule has 0 aromatic heterocycles. The Labute approximate surface area is 63.4 Å². The quantitative estimate of drug-likeness (QED) is 0.444. The third kappa shape index (κ3) is 6.30. The van der Waals surface area contributed by atoms with Crippen molar-refractivity contribution in [3.8, 4) is 0 Å². The molecule has 1 N–H and O–H groups in total. The number of hydrogen-bond donors (Lipinski definition) is 1. The first-order valence-electron chi connectivity index (χ1n) is 1.07. The Balaban J connectivity index is 0. The summed E-state index contributed by atoms with van der Waals surface area (Å²) in [7, 11) is 0. The number of carboxylic acid groups (broad SMARTS) is 1. The molecule has 0 atom stereocenters. The summed E-state index contributed by atoms with van der Waals surface area (Å²) in [4.78, 5) is 18.5. The number of carboxylic acids is 1. The van der Waals surface area contributed by atoms with Gasteiger partial charge in [0.25, 0.3) is 0 Å². The number of hydrogen-bond acceptors (Lipinski definition) is 2. The van der Waals surface area contributed by atoms with E-state index in [0.717, 1.165) is 0 Å². The molecule has 0 radical (unpaired) electrons. The second kappa shape index (κ2) is 4.46. The van der Waals surface area contributed by atoms with E-state index in [2.05, 4.69) is 11.6 Å². The van der Waals surface area contributed by atoms with Crippen LogP contribution in [0, 0.1) is 0 Å². The molecular formula is C2H4ClInO3. The topological polar surface area (TPSA) is 54.4 Å². The zero-order chi connectivity index (χ0) is 5.15. The molecule has 0 aliphatic rings. The van der Waals surface area contributed by atoms with Gasteiger partial charge >= 0.3 is 37.1 Å². The van der Waals surface area contributed by atoms with E-state index in [1.165, 1.54) is 0 Å². The van der Waals surface area contributed by atoms with E-state index in [4.69, 9.17) is 5.11 Å². The number of halogens is 1. The van der Waals surface area contributed by atoms with Gasteiger partial charge in [0.15, 0.2) is 0 Å². The van der Waals surface area contributed by atoms with Crippen LogP contribution in [0.4, 0.5) is 0 Å². The van der Waals surface area contributed by atoms with Crippen LogP contribution in [0.5, 0.6) is 0 Å². The molecule has 0 fully saturated rings. The molecule has 0 aromatic rings. The Morgan fingerprint density at radius 2 is 1.57 bits per heavy atom. The molecule has 0 heterocycles. The standard InChI is InChI=1S/C2HClO3.In.3H/c3-1(4)2(5)6;;;;/h(H,5,6);;;;. The number of carbonyl (C=O) groups is 2. The van der Waals surface area contributed by atoms with Crippen molar-refractivity contribution in [1.29, 1.82) is 0 Å². The molecule has 0 rings (SSSR count). The van der Waals surface area contributed by atoms with Gasteiger partial charge in [-0.15, -0.1) is 0 Å². The number of carbonyl (C=O) groups excluding carboxylic acids is 1. The van der Waals surface area contributed by atoms with Crippen LogP contribution in [-0.2, 0) is 9.59 Å². The first-order chi connectivity index (χ1) is 2.64. The summed E-state index contributed by atoms with van der Waals surface area (Å²) >= 11 is 4.37. The molecule has 40 valence electrons. The van der Waals surface area contributed by atoms with Crippen molar-refractivity contribution < 1.29 is 14.7 Å². The van der Waals surface area contributed by atoms with Gasteiger partial charge in [-0.05, 0) is 11.6 Å². The zero-order valence-electron chi connectivity index (χ0n) is 2.64. The van der Waals surface area contributed by atoms with Crippen molar-refractivity contribution >= 4 is 48.7 Å².